The van der Waals surface area contributed by atoms with E-state index in [2.05, 4.69) is 111 Å². The number of ether oxygens (including phenoxy) is 5. The number of methoxy groups -OCH3 is 1. The topological polar surface area (TPSA) is 81.7 Å². The van der Waals surface area contributed by atoms with Gasteiger partial charge in [0.15, 0.2) is 8.32 Å². The molecule has 7 atom stereocenters. The number of hydrogen-bond acceptors (Lipinski definition) is 8. The van der Waals surface area contributed by atoms with E-state index >= 15 is 0 Å². The van der Waals surface area contributed by atoms with Gasteiger partial charge in [-0.3, -0.25) is 0 Å². The Balaban J connectivity index is 2.59. The molecule has 0 bridgehead atoms. The van der Waals surface area contributed by atoms with Gasteiger partial charge in [0.2, 0.25) is 0 Å². The van der Waals surface area contributed by atoms with E-state index in [1.807, 2.05) is 27.9 Å². The molecule has 2 aliphatic heterocycles. The molecule has 2 rings (SSSR count). The molecule has 0 aromatic rings. The van der Waals surface area contributed by atoms with Gasteiger partial charge in [-0.25, -0.2) is 0 Å². The van der Waals surface area contributed by atoms with Crippen molar-refractivity contribution in [1.29, 1.82) is 0 Å². The molecule has 386 valence electrons. The van der Waals surface area contributed by atoms with Crippen molar-refractivity contribution in [3.63, 3.8) is 0 Å². The molecule has 2 aliphatic rings. The maximum atomic E-state index is 12.9. The molecule has 0 aromatic heterocycles. The van der Waals surface area contributed by atoms with Gasteiger partial charge in [-0.1, -0.05) is 83.1 Å². The normalized spacial score (nSPS) is 24.2. The number of carbonyl (C=O) groups is 1. The van der Waals surface area contributed by atoms with Gasteiger partial charge < -0.3 is 4.43 Å². The number of fused-ring (bicyclic) bond motifs is 1. The predicted molar refractivity (Wildman–Crippen MR) is 283 cm³/mol. The number of esters is 1. The number of carbonyl (C=O) groups excluding carboxylic acids is 1. The molecule has 0 aliphatic carbocycles. The van der Waals surface area contributed by atoms with Crippen molar-refractivity contribution >= 4 is 41.0 Å². The van der Waals surface area contributed by atoms with Crippen molar-refractivity contribution in [2.45, 2.75) is 308 Å². The van der Waals surface area contributed by atoms with Gasteiger partial charge in [0.05, 0.1) is 0 Å². The Morgan fingerprint density at radius 2 is 1.22 bits per heavy atom. The van der Waals surface area contributed by atoms with Crippen LogP contribution in [0.1, 0.15) is 215 Å². The molecule has 2 heterocycles. The van der Waals surface area contributed by atoms with Crippen LogP contribution < -0.4 is 0 Å². The maximum absolute atomic E-state index is 12.9. The average Bonchev–Trinajstić information content (AvgIpc) is 3.22. The van der Waals surface area contributed by atoms with Gasteiger partial charge in [0, 0.05) is 0 Å². The summed E-state index contributed by atoms with van der Waals surface area (Å²) >= 11 is -2.46. The fourth-order valence-corrected chi connectivity index (χ4v) is 39.9. The van der Waals surface area contributed by atoms with Crippen LogP contribution in [0, 0.1) is 5.41 Å². The number of rotatable bonds is 32. The quantitative estimate of drug-likeness (QED) is 0.0285. The predicted octanol–water partition coefficient (Wildman–Crippen LogP) is 16.2. The van der Waals surface area contributed by atoms with Gasteiger partial charge in [-0.05, 0) is 37.4 Å². The van der Waals surface area contributed by atoms with Crippen LogP contribution in [-0.4, -0.2) is 104 Å². The summed E-state index contributed by atoms with van der Waals surface area (Å²) in [5, 5.41) is 0. The molecule has 2 saturated heterocycles. The zero-order valence-electron chi connectivity index (χ0n) is 46.6. The van der Waals surface area contributed by atoms with Crippen LogP contribution in [0.4, 0.5) is 0 Å². The first-order valence-electron chi connectivity index (χ1n) is 27.4. The van der Waals surface area contributed by atoms with E-state index < -0.39 is 46.0 Å². The Hall–Kier alpha value is 0.462. The third-order valence-corrected chi connectivity index (χ3v) is 44.5. The third kappa shape index (κ3) is 17.0. The van der Waals surface area contributed by atoms with Gasteiger partial charge in [-0.2, -0.15) is 0 Å². The zero-order chi connectivity index (χ0) is 49.4. The molecule has 8 nitrogen and oxygen atoms in total. The molecule has 11 heteroatoms. The van der Waals surface area contributed by atoms with Gasteiger partial charge in [0.25, 0.3) is 0 Å². The second kappa shape index (κ2) is 28.5. The number of unbranched alkanes of at least 4 members (excludes halogenated alkanes) is 3. The van der Waals surface area contributed by atoms with E-state index in [0.717, 1.165) is 38.7 Å². The van der Waals surface area contributed by atoms with E-state index in [0.29, 0.717) is 52.7 Å². The van der Waals surface area contributed by atoms with E-state index in [9.17, 15) is 4.79 Å². The van der Waals surface area contributed by atoms with Crippen LogP contribution in [-0.2, 0) is 37.3 Å². The van der Waals surface area contributed by atoms with E-state index in [1.54, 1.807) is 0 Å². The molecule has 0 spiro atoms. The second-order valence-corrected chi connectivity index (χ2v) is 49.2. The molecule has 65 heavy (non-hydrogen) atoms. The van der Waals surface area contributed by atoms with E-state index in [-0.39, 0.29) is 42.8 Å². The fourth-order valence-electron chi connectivity index (χ4n) is 12.7. The molecule has 0 saturated carbocycles. The summed E-state index contributed by atoms with van der Waals surface area (Å²) in [6.07, 6.45) is 12.7. The first-order chi connectivity index (χ1) is 30.4. The minimum atomic E-state index is -2.46. The first kappa shape index (κ1) is 61.6. The molecular weight excluding hydrogens is 951 g/mol. The summed E-state index contributed by atoms with van der Waals surface area (Å²) < 4.78 is 54.9. The van der Waals surface area contributed by atoms with Crippen molar-refractivity contribution in [2.75, 3.05) is 20.3 Å². The van der Waals surface area contributed by atoms with Crippen molar-refractivity contribution in [1.82, 2.24) is 0 Å². The van der Waals surface area contributed by atoms with Crippen molar-refractivity contribution in [3.05, 3.63) is 0 Å². The Bertz CT molecular complexity index is 1250. The minimum Gasteiger partial charge on any atom is -0.0496 e. The van der Waals surface area contributed by atoms with Crippen molar-refractivity contribution in [2.24, 2.45) is 5.41 Å². The number of hydrogen-bond donors (Lipinski definition) is 0. The fraction of sp³-hybridized carbons (Fsp3) is 0.981. The SMILES string of the molecule is CCC[CH2][Sn]([CH2]CCC)([CH2]CCC)[CH2]CC(OC)O[C@H]1C[C@H]2O[C@H](CCCO[Si](C(C)C)(C(C)C)C(C)C)C[C@H](O[Si](C(C)C)(C(C)C)C(C)C)[C@@H]2O[C@]1(C)CCCOC(=O)C(C)(C)C. The molecule has 0 radical (unpaired) electrons. The Morgan fingerprint density at radius 3 is 1.66 bits per heavy atom. The summed E-state index contributed by atoms with van der Waals surface area (Å²) in [6.45, 7) is 44.7. The zero-order valence-corrected chi connectivity index (χ0v) is 51.5. The summed E-state index contributed by atoms with van der Waals surface area (Å²) in [5.41, 5.74) is 1.83. The van der Waals surface area contributed by atoms with Crippen LogP contribution in [0.15, 0.2) is 0 Å². The Morgan fingerprint density at radius 1 is 0.708 bits per heavy atom. The molecule has 0 amide bonds. The molecule has 0 aromatic carbocycles. The van der Waals surface area contributed by atoms with Crippen molar-refractivity contribution in [3.8, 4) is 0 Å². The van der Waals surface area contributed by atoms with Gasteiger partial charge in [-0.15, -0.1) is 0 Å². The van der Waals surface area contributed by atoms with Crippen LogP contribution in [0.5, 0.6) is 0 Å². The summed E-state index contributed by atoms with van der Waals surface area (Å²) in [7, 11) is -2.43. The molecule has 0 N–H and O–H groups in total. The van der Waals surface area contributed by atoms with E-state index in [1.165, 1.54) is 56.3 Å². The minimum absolute atomic E-state index is 0.0466. The van der Waals surface area contributed by atoms with Crippen LogP contribution >= 0.6 is 0 Å². The Kier molecular flexibility index (Phi) is 27.0. The molecule has 2 fully saturated rings. The standard InChI is InChI=1S/C42H83O8Si2.3C4H9.Sn/c1-19-38(44-18)48-37-27-35-39(49-42(37,17)23-21-24-45-40(43)41(14,15)16)36(50-52(31(8)9,32(10)11)33(12)13)26-34(47-35)22-20-25-46-51(28(2)3,29(4)5)30(6)7;3*1-3-4-2;/h28-39H,1,19-27H2,2-18H3;3*1,3-4H2,2H3;/t34-,35-,36+,37+,38?,39-,42-;;;;/m1..../s1. The average molecular weight is 1060 g/mol. The third-order valence-electron chi connectivity index (χ3n) is 16.3. The second-order valence-electron chi connectivity index (χ2n) is 24.1. The monoisotopic (exact) mass is 1060 g/mol. The molecule has 1 unspecified atom stereocenters. The van der Waals surface area contributed by atoms with Gasteiger partial charge in [0.1, 0.15) is 0 Å². The summed E-state index contributed by atoms with van der Waals surface area (Å²) in [4.78, 5) is 12.9. The first-order valence-corrected chi connectivity index (χ1v) is 39.7. The summed E-state index contributed by atoms with van der Waals surface area (Å²) in [5.74, 6) is -0.169. The molecular formula is C54H110O8Si2Sn. The van der Waals surface area contributed by atoms with E-state index in [4.69, 9.17) is 32.5 Å². The smallest absolute Gasteiger partial charge is 0.0496 e. The van der Waals surface area contributed by atoms with Gasteiger partial charge >= 0.3 is 279 Å². The summed E-state index contributed by atoms with van der Waals surface area (Å²) in [6, 6.07) is 0. The Labute approximate surface area is 410 Å². The van der Waals surface area contributed by atoms with Crippen LogP contribution in [0.2, 0.25) is 51.0 Å². The van der Waals surface area contributed by atoms with Crippen molar-refractivity contribution < 1.29 is 37.3 Å². The van der Waals surface area contributed by atoms with Crippen LogP contribution in [0.25, 0.3) is 0 Å². The van der Waals surface area contributed by atoms with Crippen LogP contribution in [0.3, 0.4) is 0 Å².